The molecule has 9 heteroatoms. The number of carbonyl (C=O) groups is 1. The molecule has 0 N–H and O–H groups in total. The van der Waals surface area contributed by atoms with Crippen LogP contribution in [0.3, 0.4) is 0 Å². The van der Waals surface area contributed by atoms with Gasteiger partial charge < -0.3 is 9.47 Å². The lowest BCUT2D eigenvalue weighted by molar-refractivity contribution is -0.385. The molecule has 2 rings (SSSR count). The number of hydrogen-bond donors (Lipinski definition) is 0. The van der Waals surface area contributed by atoms with Crippen LogP contribution in [0.15, 0.2) is 42.5 Å². The number of rotatable bonds is 4. The average molecular weight is 341 g/mol. The summed E-state index contributed by atoms with van der Waals surface area (Å²) in [5.41, 5.74) is -1.81. The summed E-state index contributed by atoms with van der Waals surface area (Å²) in [6.45, 7) is 0. The van der Waals surface area contributed by atoms with Crippen molar-refractivity contribution >= 4 is 11.7 Å². The number of hydrogen-bond acceptors (Lipinski definition) is 5. The summed E-state index contributed by atoms with van der Waals surface area (Å²) < 4.78 is 48.2. The molecule has 0 spiro atoms. The molecular weight excluding hydrogens is 331 g/mol. The fourth-order valence-corrected chi connectivity index (χ4v) is 1.87. The van der Waals surface area contributed by atoms with Crippen LogP contribution in [0, 0.1) is 10.1 Å². The number of nitro benzene ring substituents is 1. The molecule has 24 heavy (non-hydrogen) atoms. The van der Waals surface area contributed by atoms with Crippen LogP contribution in [0.4, 0.5) is 18.9 Å². The summed E-state index contributed by atoms with van der Waals surface area (Å²) >= 11 is 0. The van der Waals surface area contributed by atoms with E-state index >= 15 is 0 Å². The van der Waals surface area contributed by atoms with Crippen LogP contribution < -0.4 is 4.74 Å². The first-order chi connectivity index (χ1) is 11.2. The Kier molecular flexibility index (Phi) is 4.72. The molecule has 0 heterocycles. The molecule has 0 amide bonds. The second kappa shape index (κ2) is 6.57. The molecular formula is C15H10F3NO5. The molecule has 6 nitrogen and oxygen atoms in total. The van der Waals surface area contributed by atoms with E-state index in [1.165, 1.54) is 18.2 Å². The van der Waals surface area contributed by atoms with Crippen molar-refractivity contribution in [2.75, 3.05) is 7.11 Å². The molecule has 0 radical (unpaired) electrons. The molecule has 0 atom stereocenters. The molecule has 2 aromatic rings. The van der Waals surface area contributed by atoms with Gasteiger partial charge in [0, 0.05) is 6.07 Å². The summed E-state index contributed by atoms with van der Waals surface area (Å²) in [7, 11) is 1.05. The van der Waals surface area contributed by atoms with Crippen molar-refractivity contribution < 1.29 is 32.4 Å². The molecule has 0 aliphatic rings. The van der Waals surface area contributed by atoms with E-state index in [1.54, 1.807) is 0 Å². The number of alkyl halides is 3. The van der Waals surface area contributed by atoms with Gasteiger partial charge in [0.2, 0.25) is 5.75 Å². The predicted molar refractivity (Wildman–Crippen MR) is 76.0 cm³/mol. The highest BCUT2D eigenvalue weighted by atomic mass is 19.4. The monoisotopic (exact) mass is 341 g/mol. The van der Waals surface area contributed by atoms with Gasteiger partial charge in [0.25, 0.3) is 0 Å². The zero-order valence-corrected chi connectivity index (χ0v) is 12.2. The molecule has 0 bridgehead atoms. The third-order valence-corrected chi connectivity index (χ3v) is 3.00. The number of nitro groups is 1. The first-order valence-corrected chi connectivity index (χ1v) is 6.45. The smallest absolute Gasteiger partial charge is 0.416 e. The molecule has 0 aliphatic heterocycles. The fourth-order valence-electron chi connectivity index (χ4n) is 1.87. The molecule has 2 aromatic carbocycles. The minimum absolute atomic E-state index is 0.288. The normalized spacial score (nSPS) is 11.0. The van der Waals surface area contributed by atoms with Crippen LogP contribution in [0.2, 0.25) is 0 Å². The van der Waals surface area contributed by atoms with Gasteiger partial charge in [0.15, 0.2) is 0 Å². The first kappa shape index (κ1) is 17.3. The topological polar surface area (TPSA) is 78.7 Å². The highest BCUT2D eigenvalue weighted by Gasteiger charge is 2.32. The Morgan fingerprint density at radius 2 is 1.79 bits per heavy atom. The molecule has 126 valence electrons. The molecule has 0 aromatic heterocycles. The van der Waals surface area contributed by atoms with Crippen LogP contribution in [0.5, 0.6) is 11.5 Å². The number of halogens is 3. The lowest BCUT2D eigenvalue weighted by Crippen LogP contribution is -2.09. The van der Waals surface area contributed by atoms with E-state index < -0.39 is 34.1 Å². The Balaban J connectivity index is 2.55. The number of para-hydroxylation sites is 2. The minimum atomic E-state index is -4.67. The SMILES string of the molecule is COC(=O)c1ccc(C(F)(F)F)cc1Oc1ccccc1[N+](=O)[O-]. The lowest BCUT2D eigenvalue weighted by Gasteiger charge is -2.13. The fraction of sp³-hybridized carbons (Fsp3) is 0.133. The lowest BCUT2D eigenvalue weighted by atomic mass is 10.1. The molecule has 0 saturated carbocycles. The first-order valence-electron chi connectivity index (χ1n) is 6.45. The van der Waals surface area contributed by atoms with Crippen molar-refractivity contribution in [1.29, 1.82) is 0 Å². The second-order valence-corrected chi connectivity index (χ2v) is 4.53. The van der Waals surface area contributed by atoms with Gasteiger partial charge in [-0.05, 0) is 24.3 Å². The second-order valence-electron chi connectivity index (χ2n) is 4.53. The van der Waals surface area contributed by atoms with E-state index in [4.69, 9.17) is 4.74 Å². The van der Waals surface area contributed by atoms with Gasteiger partial charge in [0.1, 0.15) is 11.3 Å². The third-order valence-electron chi connectivity index (χ3n) is 3.00. The Labute approximate surface area is 133 Å². The van der Waals surface area contributed by atoms with Crippen molar-refractivity contribution in [1.82, 2.24) is 0 Å². The van der Waals surface area contributed by atoms with Gasteiger partial charge in [-0.25, -0.2) is 4.79 Å². The number of nitrogens with zero attached hydrogens (tertiary/aromatic N) is 1. The molecule has 0 unspecified atom stereocenters. The highest BCUT2D eigenvalue weighted by molar-refractivity contribution is 5.92. The van der Waals surface area contributed by atoms with Crippen LogP contribution in [-0.4, -0.2) is 18.0 Å². The van der Waals surface area contributed by atoms with Crippen molar-refractivity contribution in [3.8, 4) is 11.5 Å². The van der Waals surface area contributed by atoms with Gasteiger partial charge in [-0.1, -0.05) is 12.1 Å². The van der Waals surface area contributed by atoms with E-state index in [2.05, 4.69) is 4.74 Å². The Morgan fingerprint density at radius 3 is 2.38 bits per heavy atom. The largest absolute Gasteiger partial charge is 0.465 e. The maximum Gasteiger partial charge on any atom is 0.416 e. The standard InChI is InChI=1S/C15H10F3NO5/c1-23-14(20)10-7-6-9(15(16,17)18)8-13(10)24-12-5-3-2-4-11(12)19(21)22/h2-8H,1H3. The van der Waals surface area contributed by atoms with E-state index in [9.17, 15) is 28.1 Å². The zero-order valence-electron chi connectivity index (χ0n) is 12.2. The van der Waals surface area contributed by atoms with Crippen LogP contribution >= 0.6 is 0 Å². The van der Waals surface area contributed by atoms with Gasteiger partial charge in [-0.3, -0.25) is 10.1 Å². The summed E-state index contributed by atoms with van der Waals surface area (Å²) in [6, 6.07) is 7.28. The number of ether oxygens (including phenoxy) is 2. The summed E-state index contributed by atoms with van der Waals surface area (Å²) in [6.07, 6.45) is -4.67. The van der Waals surface area contributed by atoms with Gasteiger partial charge >= 0.3 is 17.8 Å². The Bertz CT molecular complexity index is 789. The molecule has 0 fully saturated rings. The molecule has 0 aliphatic carbocycles. The van der Waals surface area contributed by atoms with Crippen LogP contribution in [-0.2, 0) is 10.9 Å². The average Bonchev–Trinajstić information content (AvgIpc) is 2.53. The van der Waals surface area contributed by atoms with Gasteiger partial charge in [-0.15, -0.1) is 0 Å². The maximum atomic E-state index is 12.8. The summed E-state index contributed by atoms with van der Waals surface area (Å²) in [4.78, 5) is 21.9. The van der Waals surface area contributed by atoms with E-state index in [0.29, 0.717) is 12.1 Å². The highest BCUT2D eigenvalue weighted by Crippen LogP contribution is 2.37. The quantitative estimate of drug-likeness (QED) is 0.473. The van der Waals surface area contributed by atoms with E-state index in [-0.39, 0.29) is 11.3 Å². The minimum Gasteiger partial charge on any atom is -0.465 e. The summed E-state index contributed by atoms with van der Waals surface area (Å²) in [5, 5.41) is 11.0. The van der Waals surface area contributed by atoms with Crippen molar-refractivity contribution in [3.63, 3.8) is 0 Å². The number of methoxy groups -OCH3 is 1. The van der Waals surface area contributed by atoms with Crippen molar-refractivity contribution in [2.45, 2.75) is 6.18 Å². The predicted octanol–water partition coefficient (Wildman–Crippen LogP) is 4.19. The van der Waals surface area contributed by atoms with Crippen LogP contribution in [0.1, 0.15) is 15.9 Å². The number of carbonyl (C=O) groups excluding carboxylic acids is 1. The van der Waals surface area contributed by atoms with E-state index in [1.807, 2.05) is 0 Å². The zero-order chi connectivity index (χ0) is 17.9. The summed E-state index contributed by atoms with van der Waals surface area (Å²) in [5.74, 6) is -1.73. The van der Waals surface area contributed by atoms with Crippen LogP contribution in [0.25, 0.3) is 0 Å². The number of benzene rings is 2. The third kappa shape index (κ3) is 3.62. The van der Waals surface area contributed by atoms with Crippen molar-refractivity contribution in [3.05, 3.63) is 63.7 Å². The van der Waals surface area contributed by atoms with Gasteiger partial charge in [0.05, 0.1) is 17.6 Å². The molecule has 0 saturated heterocycles. The number of esters is 1. The van der Waals surface area contributed by atoms with Gasteiger partial charge in [-0.2, -0.15) is 13.2 Å². The van der Waals surface area contributed by atoms with E-state index in [0.717, 1.165) is 19.2 Å². The Morgan fingerprint density at radius 1 is 1.12 bits per heavy atom. The maximum absolute atomic E-state index is 12.8. The van der Waals surface area contributed by atoms with Crippen molar-refractivity contribution in [2.24, 2.45) is 0 Å². The Hall–Kier alpha value is -3.10.